The molecule has 0 spiro atoms. The molecular formula is C14H17BO2. The predicted octanol–water partition coefficient (Wildman–Crippen LogP) is 2.22. The highest BCUT2D eigenvalue weighted by Gasteiger charge is 2.31. The normalized spacial score (nSPS) is 17.5. The molecule has 1 N–H and O–H groups in total. The largest absolute Gasteiger partial charge is 0.507 e. The fourth-order valence-corrected chi connectivity index (χ4v) is 2.74. The number of hydrogen-bond acceptors (Lipinski definition) is 2. The number of hydrogen-bond donors (Lipinski definition) is 1. The predicted molar refractivity (Wildman–Crippen MR) is 71.9 cm³/mol. The van der Waals surface area contributed by atoms with Crippen LogP contribution in [-0.4, -0.2) is 13.0 Å². The van der Waals surface area contributed by atoms with Gasteiger partial charge in [-0.05, 0) is 48.2 Å². The summed E-state index contributed by atoms with van der Waals surface area (Å²) < 4.78 is 5.51. The standard InChI is InChI=1S/C14H17BO2/c1-7-6-17-14-11(15)5-10(13(16)12(7)14)8(2)9-3-4-9/h5-6,8-9,16H,3-4,15H2,1-2H3. The molecule has 3 rings (SSSR count). The first-order chi connectivity index (χ1) is 8.09. The minimum Gasteiger partial charge on any atom is -0.507 e. The number of furan rings is 1. The van der Waals surface area contributed by atoms with Gasteiger partial charge in [-0.1, -0.05) is 13.0 Å². The average Bonchev–Trinajstić information content (AvgIpc) is 3.06. The summed E-state index contributed by atoms with van der Waals surface area (Å²) in [6.45, 7) is 4.20. The van der Waals surface area contributed by atoms with E-state index in [9.17, 15) is 5.11 Å². The van der Waals surface area contributed by atoms with Crippen LogP contribution in [0.25, 0.3) is 11.0 Å². The first kappa shape index (κ1) is 10.8. The highest BCUT2D eigenvalue weighted by molar-refractivity contribution is 6.38. The Kier molecular flexibility index (Phi) is 2.25. The van der Waals surface area contributed by atoms with Crippen LogP contribution in [-0.2, 0) is 0 Å². The lowest BCUT2D eigenvalue weighted by molar-refractivity contribution is 0.464. The van der Waals surface area contributed by atoms with Gasteiger partial charge in [0, 0.05) is 0 Å². The Morgan fingerprint density at radius 3 is 2.82 bits per heavy atom. The van der Waals surface area contributed by atoms with E-state index in [-0.39, 0.29) is 0 Å². The van der Waals surface area contributed by atoms with Crippen molar-refractivity contribution in [1.29, 1.82) is 0 Å². The second-order valence-electron chi connectivity index (χ2n) is 5.38. The van der Waals surface area contributed by atoms with E-state index in [1.807, 2.05) is 14.8 Å². The minimum atomic E-state index is 0.427. The van der Waals surface area contributed by atoms with Gasteiger partial charge in [0.05, 0.1) is 11.6 Å². The zero-order chi connectivity index (χ0) is 12.2. The molecule has 0 saturated heterocycles. The van der Waals surface area contributed by atoms with E-state index in [0.29, 0.717) is 11.7 Å². The highest BCUT2D eigenvalue weighted by atomic mass is 16.3. The lowest BCUT2D eigenvalue weighted by Gasteiger charge is -2.14. The van der Waals surface area contributed by atoms with Crippen LogP contribution >= 0.6 is 0 Å². The number of benzene rings is 1. The van der Waals surface area contributed by atoms with Crippen LogP contribution in [0.5, 0.6) is 5.75 Å². The van der Waals surface area contributed by atoms with Crippen molar-refractivity contribution in [3.63, 3.8) is 0 Å². The molecule has 17 heavy (non-hydrogen) atoms. The molecule has 88 valence electrons. The number of fused-ring (bicyclic) bond motifs is 1. The summed E-state index contributed by atoms with van der Waals surface area (Å²) in [5.41, 5.74) is 4.05. The van der Waals surface area contributed by atoms with Crippen LogP contribution in [0, 0.1) is 12.8 Å². The molecule has 1 fully saturated rings. The highest BCUT2D eigenvalue weighted by Crippen LogP contribution is 2.46. The van der Waals surface area contributed by atoms with Crippen LogP contribution in [0.1, 0.15) is 36.8 Å². The minimum absolute atomic E-state index is 0.427. The molecule has 0 amide bonds. The number of aromatic hydroxyl groups is 1. The SMILES string of the molecule is Bc1cc(C(C)C2CC2)c(O)c2c(C)coc12. The number of aryl methyl sites for hydroxylation is 1. The fraction of sp³-hybridized carbons (Fsp3) is 0.429. The van der Waals surface area contributed by atoms with Crippen LogP contribution in [0.15, 0.2) is 16.7 Å². The summed E-state index contributed by atoms with van der Waals surface area (Å²) in [5, 5.41) is 11.3. The van der Waals surface area contributed by atoms with Gasteiger partial charge in [0.1, 0.15) is 19.2 Å². The number of phenolic OH excluding ortho intramolecular Hbond substituents is 1. The van der Waals surface area contributed by atoms with Crippen LogP contribution < -0.4 is 5.46 Å². The Morgan fingerprint density at radius 1 is 1.47 bits per heavy atom. The first-order valence-electron chi connectivity index (χ1n) is 6.30. The van der Waals surface area contributed by atoms with Gasteiger partial charge in [-0.3, -0.25) is 0 Å². The summed E-state index contributed by atoms with van der Waals surface area (Å²) in [6, 6.07) is 2.09. The number of rotatable bonds is 2. The van der Waals surface area contributed by atoms with E-state index >= 15 is 0 Å². The molecule has 1 saturated carbocycles. The van der Waals surface area contributed by atoms with E-state index < -0.39 is 0 Å². The Hall–Kier alpha value is -1.38. The lowest BCUT2D eigenvalue weighted by atomic mass is 9.85. The summed E-state index contributed by atoms with van der Waals surface area (Å²) >= 11 is 0. The van der Waals surface area contributed by atoms with Crippen molar-refractivity contribution >= 4 is 24.3 Å². The molecular weight excluding hydrogens is 211 g/mol. The van der Waals surface area contributed by atoms with Gasteiger partial charge in [0.2, 0.25) is 0 Å². The second kappa shape index (κ2) is 3.56. The molecule has 1 heterocycles. The third-order valence-electron chi connectivity index (χ3n) is 4.04. The summed E-state index contributed by atoms with van der Waals surface area (Å²) in [6.07, 6.45) is 4.31. The summed E-state index contributed by atoms with van der Waals surface area (Å²) in [4.78, 5) is 0. The maximum atomic E-state index is 10.4. The lowest BCUT2D eigenvalue weighted by Crippen LogP contribution is -2.08. The smallest absolute Gasteiger partial charge is 0.144 e. The molecule has 0 bridgehead atoms. The average molecular weight is 228 g/mol. The first-order valence-corrected chi connectivity index (χ1v) is 6.30. The van der Waals surface area contributed by atoms with Crippen molar-refractivity contribution in [1.82, 2.24) is 0 Å². The quantitative estimate of drug-likeness (QED) is 0.799. The zero-order valence-electron chi connectivity index (χ0n) is 10.6. The monoisotopic (exact) mass is 228 g/mol. The third kappa shape index (κ3) is 1.56. The fourth-order valence-electron chi connectivity index (χ4n) is 2.74. The Labute approximate surface area is 102 Å². The van der Waals surface area contributed by atoms with Crippen molar-refractivity contribution in [2.75, 3.05) is 0 Å². The van der Waals surface area contributed by atoms with Gasteiger partial charge in [-0.15, -0.1) is 0 Å². The summed E-state index contributed by atoms with van der Waals surface area (Å²) in [5.74, 6) is 1.63. The van der Waals surface area contributed by atoms with Crippen molar-refractivity contribution in [3.05, 3.63) is 23.5 Å². The van der Waals surface area contributed by atoms with Gasteiger partial charge in [-0.2, -0.15) is 0 Å². The summed E-state index contributed by atoms with van der Waals surface area (Å²) in [7, 11) is 2.05. The van der Waals surface area contributed by atoms with Gasteiger partial charge < -0.3 is 9.52 Å². The van der Waals surface area contributed by atoms with E-state index in [1.54, 1.807) is 6.26 Å². The molecule has 2 nitrogen and oxygen atoms in total. The van der Waals surface area contributed by atoms with Gasteiger partial charge in [0.25, 0.3) is 0 Å². The topological polar surface area (TPSA) is 33.4 Å². The van der Waals surface area contributed by atoms with E-state index in [0.717, 1.165) is 33.5 Å². The Bertz CT molecular complexity index is 581. The van der Waals surface area contributed by atoms with Crippen molar-refractivity contribution < 1.29 is 9.52 Å². The molecule has 0 aliphatic heterocycles. The molecule has 1 atom stereocenters. The maximum Gasteiger partial charge on any atom is 0.144 e. The molecule has 1 aliphatic rings. The van der Waals surface area contributed by atoms with Crippen molar-refractivity contribution in [2.45, 2.75) is 32.6 Å². The molecule has 1 unspecified atom stereocenters. The Morgan fingerprint density at radius 2 is 2.18 bits per heavy atom. The molecule has 1 aromatic heterocycles. The third-order valence-corrected chi connectivity index (χ3v) is 4.04. The second-order valence-corrected chi connectivity index (χ2v) is 5.38. The molecule has 0 radical (unpaired) electrons. The number of phenols is 1. The van der Waals surface area contributed by atoms with Gasteiger partial charge in [0.15, 0.2) is 0 Å². The molecule has 1 aliphatic carbocycles. The zero-order valence-corrected chi connectivity index (χ0v) is 10.6. The van der Waals surface area contributed by atoms with Crippen LogP contribution in [0.2, 0.25) is 0 Å². The van der Waals surface area contributed by atoms with Crippen molar-refractivity contribution in [3.8, 4) is 5.75 Å². The van der Waals surface area contributed by atoms with Crippen LogP contribution in [0.4, 0.5) is 0 Å². The van der Waals surface area contributed by atoms with E-state index in [2.05, 4.69) is 13.0 Å². The molecule has 2 aromatic rings. The van der Waals surface area contributed by atoms with Crippen LogP contribution in [0.3, 0.4) is 0 Å². The molecule has 1 aromatic carbocycles. The van der Waals surface area contributed by atoms with Crippen molar-refractivity contribution in [2.24, 2.45) is 5.92 Å². The van der Waals surface area contributed by atoms with Gasteiger partial charge >= 0.3 is 0 Å². The Balaban J connectivity index is 2.24. The molecule has 3 heteroatoms. The van der Waals surface area contributed by atoms with Gasteiger partial charge in [-0.25, -0.2) is 0 Å². The van der Waals surface area contributed by atoms with E-state index in [4.69, 9.17) is 4.42 Å². The van der Waals surface area contributed by atoms with E-state index in [1.165, 1.54) is 12.8 Å². The maximum absolute atomic E-state index is 10.4.